The Morgan fingerprint density at radius 1 is 1.59 bits per heavy atom. The average molecular weight is 255 g/mol. The van der Waals surface area contributed by atoms with E-state index in [1.807, 2.05) is 6.07 Å². The van der Waals surface area contributed by atoms with E-state index in [0.29, 0.717) is 5.56 Å². The number of pyridine rings is 1. The van der Waals surface area contributed by atoms with Crippen molar-refractivity contribution in [2.24, 2.45) is 5.14 Å². The zero-order chi connectivity index (χ0) is 13.3. The molecule has 0 radical (unpaired) electrons. The van der Waals surface area contributed by atoms with Gasteiger partial charge in [-0.1, -0.05) is 0 Å². The van der Waals surface area contributed by atoms with Crippen molar-refractivity contribution >= 4 is 10.0 Å². The number of hydrogen-bond acceptors (Lipinski definition) is 5. The van der Waals surface area contributed by atoms with E-state index in [1.165, 1.54) is 32.2 Å². The number of aromatic nitrogens is 1. The largest absolute Gasteiger partial charge is 0.382 e. The third kappa shape index (κ3) is 2.79. The molecular formula is C10H13N3O3S. The van der Waals surface area contributed by atoms with Crippen LogP contribution in [0.5, 0.6) is 0 Å². The molecule has 0 spiro atoms. The van der Waals surface area contributed by atoms with E-state index in [0.717, 1.165) is 0 Å². The second-order valence-corrected chi connectivity index (χ2v) is 5.81. The van der Waals surface area contributed by atoms with Gasteiger partial charge in [0.05, 0.1) is 11.3 Å². The molecule has 1 heterocycles. The molecule has 0 bridgehead atoms. The van der Waals surface area contributed by atoms with Crippen LogP contribution in [-0.4, -0.2) is 23.8 Å². The Labute approximate surface area is 99.8 Å². The maximum atomic E-state index is 11.2. The van der Waals surface area contributed by atoms with Gasteiger partial charge in [0.15, 0.2) is 0 Å². The van der Waals surface area contributed by atoms with Gasteiger partial charge in [0, 0.05) is 6.20 Å². The van der Waals surface area contributed by atoms with E-state index < -0.39 is 20.9 Å². The first kappa shape index (κ1) is 13.6. The maximum Gasteiger partial charge on any atom is 0.214 e. The van der Waals surface area contributed by atoms with Crippen molar-refractivity contribution in [2.45, 2.75) is 24.7 Å². The Bertz CT molecular complexity index is 543. The molecule has 0 fully saturated rings. The Kier molecular flexibility index (Phi) is 3.52. The van der Waals surface area contributed by atoms with Crippen molar-refractivity contribution < 1.29 is 13.5 Å². The molecule has 0 saturated heterocycles. The Morgan fingerprint density at radius 2 is 2.18 bits per heavy atom. The summed E-state index contributed by atoms with van der Waals surface area (Å²) < 4.78 is 22.4. The molecule has 0 aromatic carbocycles. The van der Waals surface area contributed by atoms with Gasteiger partial charge in [0.25, 0.3) is 0 Å². The molecule has 0 aliphatic rings. The van der Waals surface area contributed by atoms with Gasteiger partial charge in [0.1, 0.15) is 16.9 Å². The molecule has 7 heteroatoms. The van der Waals surface area contributed by atoms with E-state index in [2.05, 4.69) is 4.98 Å². The molecule has 1 aromatic heterocycles. The molecule has 1 unspecified atom stereocenters. The molecular weight excluding hydrogens is 242 g/mol. The van der Waals surface area contributed by atoms with E-state index in [4.69, 9.17) is 10.4 Å². The number of nitrogens with two attached hydrogens (primary N) is 1. The van der Waals surface area contributed by atoms with Crippen molar-refractivity contribution in [3.63, 3.8) is 0 Å². The van der Waals surface area contributed by atoms with E-state index in [1.54, 1.807) is 0 Å². The van der Waals surface area contributed by atoms with Crippen LogP contribution in [0.15, 0.2) is 18.3 Å². The number of hydrogen-bond donors (Lipinski definition) is 2. The molecule has 2 atom stereocenters. The summed E-state index contributed by atoms with van der Waals surface area (Å²) in [7, 11) is -3.88. The summed E-state index contributed by atoms with van der Waals surface area (Å²) in [6.07, 6.45) is 1.26. The van der Waals surface area contributed by atoms with Crippen molar-refractivity contribution in [3.8, 4) is 6.07 Å². The highest BCUT2D eigenvalue weighted by atomic mass is 32.2. The lowest BCUT2D eigenvalue weighted by Gasteiger charge is -2.27. The van der Waals surface area contributed by atoms with Crippen molar-refractivity contribution in [3.05, 3.63) is 29.6 Å². The SMILES string of the molecule is C[C@@H](C(C)(O)c1ccc(C#N)cn1)S(N)(=O)=O. The fraction of sp³-hybridized carbons (Fsp3) is 0.400. The third-order valence-corrected chi connectivity index (χ3v) is 4.14. The van der Waals surface area contributed by atoms with Gasteiger partial charge in [-0.2, -0.15) is 5.26 Å². The zero-order valence-electron chi connectivity index (χ0n) is 9.45. The van der Waals surface area contributed by atoms with E-state index in [-0.39, 0.29) is 5.69 Å². The highest BCUT2D eigenvalue weighted by molar-refractivity contribution is 7.89. The van der Waals surface area contributed by atoms with Gasteiger partial charge >= 0.3 is 0 Å². The topological polar surface area (TPSA) is 117 Å². The second-order valence-electron chi connectivity index (χ2n) is 3.92. The fourth-order valence-electron chi connectivity index (χ4n) is 1.29. The van der Waals surface area contributed by atoms with Crippen LogP contribution in [0.4, 0.5) is 0 Å². The summed E-state index contributed by atoms with van der Waals surface area (Å²) in [5, 5.41) is 22.5. The van der Waals surface area contributed by atoms with E-state index >= 15 is 0 Å². The standard InChI is InChI=1S/C10H13N3O3S/c1-7(17(12,15)16)10(2,14)9-4-3-8(5-11)6-13-9/h3-4,6-7,14H,1-2H3,(H2,12,15,16)/t7-,10?/m0/s1. The number of rotatable bonds is 3. The van der Waals surface area contributed by atoms with Gasteiger partial charge < -0.3 is 5.11 Å². The minimum atomic E-state index is -3.88. The van der Waals surface area contributed by atoms with Crippen LogP contribution in [0, 0.1) is 11.3 Å². The Morgan fingerprint density at radius 3 is 2.53 bits per heavy atom. The van der Waals surface area contributed by atoms with Crippen molar-refractivity contribution in [2.75, 3.05) is 0 Å². The van der Waals surface area contributed by atoms with Gasteiger partial charge in [0.2, 0.25) is 10.0 Å². The van der Waals surface area contributed by atoms with Gasteiger partial charge in [-0.3, -0.25) is 4.98 Å². The lowest BCUT2D eigenvalue weighted by molar-refractivity contribution is 0.0519. The molecule has 6 nitrogen and oxygen atoms in total. The Hall–Kier alpha value is -1.49. The minimum Gasteiger partial charge on any atom is -0.382 e. The number of primary sulfonamides is 1. The molecule has 3 N–H and O–H groups in total. The maximum absolute atomic E-state index is 11.2. The molecule has 0 aliphatic heterocycles. The molecule has 1 aromatic rings. The van der Waals surface area contributed by atoms with Crippen LogP contribution in [0.1, 0.15) is 25.1 Å². The lowest BCUT2D eigenvalue weighted by Crippen LogP contribution is -2.43. The molecule has 0 amide bonds. The fourth-order valence-corrected chi connectivity index (χ4v) is 2.05. The molecule has 92 valence electrons. The van der Waals surface area contributed by atoms with Crippen LogP contribution in [0.25, 0.3) is 0 Å². The molecule has 0 aliphatic carbocycles. The first-order valence-electron chi connectivity index (χ1n) is 4.80. The van der Waals surface area contributed by atoms with Crippen LogP contribution in [0.2, 0.25) is 0 Å². The monoisotopic (exact) mass is 255 g/mol. The van der Waals surface area contributed by atoms with Crippen LogP contribution < -0.4 is 5.14 Å². The van der Waals surface area contributed by atoms with Crippen LogP contribution >= 0.6 is 0 Å². The van der Waals surface area contributed by atoms with Crippen molar-refractivity contribution in [1.82, 2.24) is 4.98 Å². The normalized spacial score (nSPS) is 16.9. The van der Waals surface area contributed by atoms with E-state index in [9.17, 15) is 13.5 Å². The smallest absolute Gasteiger partial charge is 0.214 e. The lowest BCUT2D eigenvalue weighted by atomic mass is 9.97. The van der Waals surface area contributed by atoms with Crippen LogP contribution in [-0.2, 0) is 15.6 Å². The summed E-state index contributed by atoms with van der Waals surface area (Å²) in [5.74, 6) is 0. The summed E-state index contributed by atoms with van der Waals surface area (Å²) in [6.45, 7) is 2.62. The summed E-state index contributed by atoms with van der Waals surface area (Å²) in [5.41, 5.74) is -1.23. The highest BCUT2D eigenvalue weighted by Gasteiger charge is 2.38. The predicted octanol–water partition coefficient (Wildman–Crippen LogP) is -0.162. The predicted molar refractivity (Wildman–Crippen MR) is 61.1 cm³/mol. The molecule has 17 heavy (non-hydrogen) atoms. The first-order chi connectivity index (χ1) is 7.69. The second kappa shape index (κ2) is 4.41. The van der Waals surface area contributed by atoms with Gasteiger partial charge in [-0.15, -0.1) is 0 Å². The van der Waals surface area contributed by atoms with Gasteiger partial charge in [-0.05, 0) is 26.0 Å². The molecule has 0 saturated carbocycles. The van der Waals surface area contributed by atoms with Gasteiger partial charge in [-0.25, -0.2) is 13.6 Å². The highest BCUT2D eigenvalue weighted by Crippen LogP contribution is 2.26. The summed E-state index contributed by atoms with van der Waals surface area (Å²) in [6, 6.07) is 4.73. The number of sulfonamides is 1. The zero-order valence-corrected chi connectivity index (χ0v) is 10.3. The molecule has 1 rings (SSSR count). The summed E-state index contributed by atoms with van der Waals surface area (Å²) in [4.78, 5) is 3.86. The minimum absolute atomic E-state index is 0.151. The third-order valence-electron chi connectivity index (χ3n) is 2.70. The summed E-state index contributed by atoms with van der Waals surface area (Å²) >= 11 is 0. The quantitative estimate of drug-likeness (QED) is 0.778. The average Bonchev–Trinajstić information content (AvgIpc) is 2.27. The number of nitriles is 1. The van der Waals surface area contributed by atoms with Crippen LogP contribution in [0.3, 0.4) is 0 Å². The first-order valence-corrected chi connectivity index (χ1v) is 6.41. The number of nitrogens with zero attached hydrogens (tertiary/aromatic N) is 2. The Balaban J connectivity index is 3.18. The van der Waals surface area contributed by atoms with Crippen molar-refractivity contribution in [1.29, 1.82) is 5.26 Å². The number of aliphatic hydroxyl groups is 1.